The van der Waals surface area contributed by atoms with Crippen LogP contribution in [0.2, 0.25) is 0 Å². The van der Waals surface area contributed by atoms with Gasteiger partial charge in [0.1, 0.15) is 17.9 Å². The van der Waals surface area contributed by atoms with Crippen LogP contribution < -0.4 is 15.6 Å². The van der Waals surface area contributed by atoms with E-state index < -0.39 is 23.4 Å². The average molecular weight is 413 g/mol. The molecule has 1 heterocycles. The van der Waals surface area contributed by atoms with Crippen LogP contribution in [0.4, 0.5) is 9.18 Å². The van der Waals surface area contributed by atoms with Crippen molar-refractivity contribution >= 4 is 17.8 Å². The molecule has 0 radical (unpaired) electrons. The van der Waals surface area contributed by atoms with Crippen molar-refractivity contribution in [3.63, 3.8) is 0 Å². The quantitative estimate of drug-likeness (QED) is 0.561. The number of carbonyl (C=O) groups is 3. The second kappa shape index (κ2) is 9.04. The Labute approximate surface area is 174 Å². The fraction of sp³-hybridized carbons (Fsp3) is 0.318. The number of imide groups is 1. The van der Waals surface area contributed by atoms with Crippen LogP contribution in [0.15, 0.2) is 54.6 Å². The van der Waals surface area contributed by atoms with Crippen LogP contribution in [0.3, 0.4) is 0 Å². The molecular weight excluding hydrogens is 387 g/mol. The smallest absolute Gasteiger partial charge is 0.326 e. The molecule has 2 aromatic carbocycles. The second-order valence-corrected chi connectivity index (χ2v) is 7.86. The van der Waals surface area contributed by atoms with E-state index in [0.717, 1.165) is 21.0 Å². The first kappa shape index (κ1) is 21.4. The number of nitrogens with one attached hydrogen (secondary N) is 3. The Morgan fingerprint density at radius 3 is 2.43 bits per heavy atom. The molecule has 30 heavy (non-hydrogen) atoms. The highest BCUT2D eigenvalue weighted by Crippen LogP contribution is 2.22. The number of nitrogens with zero attached hydrogens (tertiary/aromatic N) is 1. The molecule has 1 saturated heterocycles. The van der Waals surface area contributed by atoms with Crippen LogP contribution in [-0.4, -0.2) is 42.0 Å². The van der Waals surface area contributed by atoms with Crippen LogP contribution in [0.25, 0.3) is 0 Å². The third kappa shape index (κ3) is 5.21. The van der Waals surface area contributed by atoms with Gasteiger partial charge in [-0.3, -0.25) is 15.0 Å². The highest BCUT2D eigenvalue weighted by molar-refractivity contribution is 6.07. The molecule has 158 valence electrons. The number of likely N-dealkylation sites (N-methyl/N-ethyl adjacent to an activating group) is 1. The van der Waals surface area contributed by atoms with E-state index in [0.29, 0.717) is 19.4 Å². The average Bonchev–Trinajstić information content (AvgIpc) is 2.92. The normalized spacial score (nSPS) is 19.5. The van der Waals surface area contributed by atoms with Gasteiger partial charge in [-0.2, -0.15) is 5.01 Å². The summed E-state index contributed by atoms with van der Waals surface area (Å²) in [4.78, 5) is 38.3. The fourth-order valence-electron chi connectivity index (χ4n) is 3.45. The monoisotopic (exact) mass is 413 g/mol. The Hall–Kier alpha value is -3.26. The van der Waals surface area contributed by atoms with E-state index in [1.807, 2.05) is 30.3 Å². The molecule has 0 aromatic heterocycles. The Morgan fingerprint density at radius 2 is 1.77 bits per heavy atom. The molecule has 3 N–H and O–H groups in total. The molecule has 0 spiro atoms. The van der Waals surface area contributed by atoms with Gasteiger partial charge in [-0.15, -0.1) is 0 Å². The van der Waals surface area contributed by atoms with Gasteiger partial charge < -0.3 is 10.2 Å². The summed E-state index contributed by atoms with van der Waals surface area (Å²) in [5, 5.41) is 3.45. The molecule has 1 fully saturated rings. The Bertz CT molecular complexity index is 920. The second-order valence-electron chi connectivity index (χ2n) is 7.86. The summed E-state index contributed by atoms with van der Waals surface area (Å²) in [6, 6.07) is 15.1. The predicted octanol–water partition coefficient (Wildman–Crippen LogP) is 0.815. The van der Waals surface area contributed by atoms with Gasteiger partial charge in [-0.05, 0) is 37.5 Å². The van der Waals surface area contributed by atoms with Gasteiger partial charge >= 0.3 is 6.03 Å². The number of quaternary nitrogens is 1. The number of rotatable bonds is 8. The minimum Gasteiger partial charge on any atom is -0.326 e. The van der Waals surface area contributed by atoms with Crippen molar-refractivity contribution < 1.29 is 23.7 Å². The standard InChI is InChI=1S/C22H25FN4O3/c1-22(13-12-16-6-4-3-5-7-16)20(29)27(21(30)24-22)25-19(28)15-26(2)14-17-8-10-18(23)11-9-17/h3-11H,12-15H2,1-2H3,(H,24,30)(H,25,28)/p+1/t22-/m0/s1. The lowest BCUT2D eigenvalue weighted by Crippen LogP contribution is -3.09. The number of amides is 4. The molecule has 7 nitrogen and oxygen atoms in total. The summed E-state index contributed by atoms with van der Waals surface area (Å²) in [6.07, 6.45) is 1.04. The predicted molar refractivity (Wildman–Crippen MR) is 109 cm³/mol. The highest BCUT2D eigenvalue weighted by atomic mass is 19.1. The molecule has 1 unspecified atom stereocenters. The molecule has 2 aromatic rings. The summed E-state index contributed by atoms with van der Waals surface area (Å²) in [7, 11) is 1.80. The lowest BCUT2D eigenvalue weighted by atomic mass is 9.93. The Kier molecular flexibility index (Phi) is 6.47. The number of carbonyl (C=O) groups excluding carboxylic acids is 3. The van der Waals surface area contributed by atoms with Crippen LogP contribution in [0.1, 0.15) is 24.5 Å². The lowest BCUT2D eigenvalue weighted by Gasteiger charge is -2.22. The van der Waals surface area contributed by atoms with Crippen molar-refractivity contribution in [1.82, 2.24) is 15.8 Å². The molecule has 0 bridgehead atoms. The number of halogens is 1. The van der Waals surface area contributed by atoms with E-state index in [1.54, 1.807) is 26.1 Å². The van der Waals surface area contributed by atoms with Crippen molar-refractivity contribution in [2.45, 2.75) is 31.8 Å². The molecule has 1 aliphatic rings. The number of benzene rings is 2. The van der Waals surface area contributed by atoms with Gasteiger partial charge in [0, 0.05) is 5.56 Å². The SMILES string of the molecule is C[NH+](CC(=O)NN1C(=O)N[C@@](C)(CCc2ccccc2)C1=O)Cc1ccc(F)cc1. The zero-order chi connectivity index (χ0) is 21.7. The van der Waals surface area contributed by atoms with E-state index in [2.05, 4.69) is 10.7 Å². The maximum Gasteiger partial charge on any atom is 0.344 e. The van der Waals surface area contributed by atoms with E-state index in [4.69, 9.17) is 0 Å². The summed E-state index contributed by atoms with van der Waals surface area (Å²) >= 11 is 0. The van der Waals surface area contributed by atoms with Gasteiger partial charge in [0.05, 0.1) is 7.05 Å². The zero-order valence-electron chi connectivity index (χ0n) is 17.1. The Morgan fingerprint density at radius 1 is 1.10 bits per heavy atom. The summed E-state index contributed by atoms with van der Waals surface area (Å²) in [5.41, 5.74) is 3.28. The van der Waals surface area contributed by atoms with Crippen LogP contribution >= 0.6 is 0 Å². The lowest BCUT2D eigenvalue weighted by molar-refractivity contribution is -0.885. The van der Waals surface area contributed by atoms with Crippen LogP contribution in [-0.2, 0) is 22.6 Å². The molecule has 1 aliphatic heterocycles. The third-order valence-electron chi connectivity index (χ3n) is 5.14. The summed E-state index contributed by atoms with van der Waals surface area (Å²) < 4.78 is 13.0. The van der Waals surface area contributed by atoms with Crippen molar-refractivity contribution in [3.05, 3.63) is 71.5 Å². The molecule has 0 aliphatic carbocycles. The molecule has 4 amide bonds. The molecule has 8 heteroatoms. The van der Waals surface area contributed by atoms with Crippen LogP contribution in [0.5, 0.6) is 0 Å². The fourth-order valence-corrected chi connectivity index (χ4v) is 3.45. The molecule has 0 saturated carbocycles. The van der Waals surface area contributed by atoms with E-state index in [1.165, 1.54) is 12.1 Å². The molecule has 2 atom stereocenters. The van der Waals surface area contributed by atoms with Gasteiger partial charge in [-0.1, -0.05) is 42.5 Å². The van der Waals surface area contributed by atoms with Gasteiger partial charge in [0.2, 0.25) is 0 Å². The molecular formula is C22H26FN4O3+. The van der Waals surface area contributed by atoms with Crippen molar-refractivity contribution in [2.24, 2.45) is 0 Å². The summed E-state index contributed by atoms with van der Waals surface area (Å²) in [6.45, 7) is 2.21. The highest BCUT2D eigenvalue weighted by Gasteiger charge is 2.48. The van der Waals surface area contributed by atoms with Crippen LogP contribution in [0, 0.1) is 5.82 Å². The maximum atomic E-state index is 13.0. The van der Waals surface area contributed by atoms with Gasteiger partial charge in [-0.25, -0.2) is 9.18 Å². The minimum atomic E-state index is -1.08. The first-order valence-corrected chi connectivity index (χ1v) is 9.83. The number of hydrogen-bond acceptors (Lipinski definition) is 3. The van der Waals surface area contributed by atoms with Gasteiger partial charge in [0.25, 0.3) is 11.8 Å². The van der Waals surface area contributed by atoms with Crippen molar-refractivity contribution in [1.29, 1.82) is 0 Å². The van der Waals surface area contributed by atoms with Crippen molar-refractivity contribution in [2.75, 3.05) is 13.6 Å². The number of hydrazine groups is 1. The first-order valence-electron chi connectivity index (χ1n) is 9.83. The number of aryl methyl sites for hydroxylation is 1. The van der Waals surface area contributed by atoms with E-state index in [-0.39, 0.29) is 12.4 Å². The summed E-state index contributed by atoms with van der Waals surface area (Å²) in [5.74, 6) is -1.25. The molecule has 3 rings (SSSR count). The maximum absolute atomic E-state index is 13.0. The minimum absolute atomic E-state index is 0.0508. The Balaban J connectivity index is 1.53. The third-order valence-corrected chi connectivity index (χ3v) is 5.14. The first-order chi connectivity index (χ1) is 14.3. The number of urea groups is 1. The van der Waals surface area contributed by atoms with E-state index in [9.17, 15) is 18.8 Å². The van der Waals surface area contributed by atoms with Crippen molar-refractivity contribution in [3.8, 4) is 0 Å². The number of hydrogen-bond donors (Lipinski definition) is 3. The largest absolute Gasteiger partial charge is 0.344 e. The topological polar surface area (TPSA) is 82.9 Å². The zero-order valence-corrected chi connectivity index (χ0v) is 17.1. The van der Waals surface area contributed by atoms with E-state index >= 15 is 0 Å². The van der Waals surface area contributed by atoms with Gasteiger partial charge in [0.15, 0.2) is 6.54 Å².